The molecule has 130 valence electrons. The highest BCUT2D eigenvalue weighted by atomic mass is 35.5. The summed E-state index contributed by atoms with van der Waals surface area (Å²) in [5.41, 5.74) is 0.470. The summed E-state index contributed by atoms with van der Waals surface area (Å²) in [4.78, 5) is 24.3. The summed E-state index contributed by atoms with van der Waals surface area (Å²) in [5, 5.41) is 0.341. The van der Waals surface area contributed by atoms with Gasteiger partial charge in [-0.25, -0.2) is 4.79 Å². The van der Waals surface area contributed by atoms with E-state index in [2.05, 4.69) is 0 Å². The molecule has 0 N–H and O–H groups in total. The van der Waals surface area contributed by atoms with Crippen LogP contribution in [0.1, 0.15) is 20.7 Å². The van der Waals surface area contributed by atoms with Crippen LogP contribution < -0.4 is 14.2 Å². The lowest BCUT2D eigenvalue weighted by Crippen LogP contribution is -2.14. The van der Waals surface area contributed by atoms with Crippen LogP contribution in [0.3, 0.4) is 0 Å². The van der Waals surface area contributed by atoms with Gasteiger partial charge in [0.05, 0.1) is 22.7 Å². The number of ketones is 1. The number of carbonyl (C=O) groups excluding carboxylic acids is 2. The van der Waals surface area contributed by atoms with Crippen LogP contribution in [0.15, 0.2) is 30.3 Å². The number of benzene rings is 2. The van der Waals surface area contributed by atoms with Crippen LogP contribution in [0.2, 0.25) is 10.0 Å². The standard InChI is InChI=1S/C17H12Cl2O6/c1-22-16-11(18)4-10(5-12(16)19)17(21)23-7-13(20)9-2-3-14-15(6-9)25-8-24-14/h2-6H,7-8H2,1H3. The third-order valence-corrected chi connectivity index (χ3v) is 4.03. The van der Waals surface area contributed by atoms with E-state index in [0.717, 1.165) is 0 Å². The van der Waals surface area contributed by atoms with Crippen LogP contribution in [0.25, 0.3) is 0 Å². The second-order valence-electron chi connectivity index (χ2n) is 5.04. The summed E-state index contributed by atoms with van der Waals surface area (Å²) in [6.07, 6.45) is 0. The first-order valence-corrected chi connectivity index (χ1v) is 7.88. The van der Waals surface area contributed by atoms with Crippen molar-refractivity contribution in [2.24, 2.45) is 0 Å². The topological polar surface area (TPSA) is 71.1 Å². The van der Waals surface area contributed by atoms with Gasteiger partial charge in [-0.1, -0.05) is 23.2 Å². The van der Waals surface area contributed by atoms with Gasteiger partial charge in [-0.05, 0) is 30.3 Å². The van der Waals surface area contributed by atoms with Gasteiger partial charge in [0.2, 0.25) is 6.79 Å². The molecule has 0 bridgehead atoms. The molecule has 3 rings (SSSR count). The monoisotopic (exact) mass is 382 g/mol. The van der Waals surface area contributed by atoms with Gasteiger partial charge in [0.1, 0.15) is 0 Å². The molecule has 0 saturated carbocycles. The summed E-state index contributed by atoms with van der Waals surface area (Å²) in [6, 6.07) is 7.46. The van der Waals surface area contributed by atoms with Gasteiger partial charge in [-0.3, -0.25) is 4.79 Å². The number of halogens is 2. The Kier molecular flexibility index (Phi) is 5.01. The molecule has 0 unspecified atom stereocenters. The molecule has 2 aromatic carbocycles. The van der Waals surface area contributed by atoms with Gasteiger partial charge >= 0.3 is 5.97 Å². The molecule has 2 aromatic rings. The zero-order valence-corrected chi connectivity index (χ0v) is 14.5. The Balaban J connectivity index is 1.67. The Hall–Kier alpha value is -2.44. The molecule has 0 saturated heterocycles. The smallest absolute Gasteiger partial charge is 0.338 e. The van der Waals surface area contributed by atoms with Crippen molar-refractivity contribution in [3.63, 3.8) is 0 Å². The number of carbonyl (C=O) groups is 2. The van der Waals surface area contributed by atoms with E-state index in [1.165, 1.54) is 19.2 Å². The van der Waals surface area contributed by atoms with Gasteiger partial charge < -0.3 is 18.9 Å². The van der Waals surface area contributed by atoms with E-state index in [1.807, 2.05) is 0 Å². The molecule has 25 heavy (non-hydrogen) atoms. The maximum atomic E-state index is 12.2. The molecule has 0 fully saturated rings. The van der Waals surface area contributed by atoms with Crippen molar-refractivity contribution in [3.8, 4) is 17.2 Å². The lowest BCUT2D eigenvalue weighted by molar-refractivity contribution is 0.0474. The fraction of sp³-hybridized carbons (Fsp3) is 0.176. The van der Waals surface area contributed by atoms with E-state index in [1.54, 1.807) is 18.2 Å². The highest BCUT2D eigenvalue weighted by Crippen LogP contribution is 2.34. The summed E-state index contributed by atoms with van der Waals surface area (Å²) < 4.78 is 20.4. The average Bonchev–Trinajstić information content (AvgIpc) is 3.06. The molecule has 0 radical (unpaired) electrons. The highest BCUT2D eigenvalue weighted by Gasteiger charge is 2.19. The Bertz CT molecular complexity index is 826. The summed E-state index contributed by atoms with van der Waals surface area (Å²) in [5.74, 6) is 0.205. The zero-order valence-electron chi connectivity index (χ0n) is 13.0. The molecule has 1 aliphatic rings. The lowest BCUT2D eigenvalue weighted by atomic mass is 10.1. The van der Waals surface area contributed by atoms with Crippen molar-refractivity contribution in [2.45, 2.75) is 0 Å². The minimum absolute atomic E-state index is 0.112. The largest absolute Gasteiger partial charge is 0.494 e. The second-order valence-corrected chi connectivity index (χ2v) is 5.85. The lowest BCUT2D eigenvalue weighted by Gasteiger charge is -2.09. The molecule has 8 heteroatoms. The normalized spacial score (nSPS) is 12.0. The number of esters is 1. The van der Waals surface area contributed by atoms with Crippen LogP contribution in [0.4, 0.5) is 0 Å². The molecule has 6 nitrogen and oxygen atoms in total. The molecular weight excluding hydrogens is 371 g/mol. The van der Waals surface area contributed by atoms with Crippen molar-refractivity contribution < 1.29 is 28.5 Å². The van der Waals surface area contributed by atoms with Crippen LogP contribution in [0, 0.1) is 0 Å². The van der Waals surface area contributed by atoms with Gasteiger partial charge in [-0.2, -0.15) is 0 Å². The first-order valence-electron chi connectivity index (χ1n) is 7.12. The number of ether oxygens (including phenoxy) is 4. The molecule has 1 aliphatic heterocycles. The van der Waals surface area contributed by atoms with Crippen LogP contribution in [0.5, 0.6) is 17.2 Å². The minimum Gasteiger partial charge on any atom is -0.494 e. The van der Waals surface area contributed by atoms with Gasteiger partial charge in [0.15, 0.2) is 29.6 Å². The zero-order chi connectivity index (χ0) is 18.0. The Morgan fingerprint density at radius 1 is 1.04 bits per heavy atom. The number of methoxy groups -OCH3 is 1. The van der Waals surface area contributed by atoms with E-state index >= 15 is 0 Å². The Morgan fingerprint density at radius 3 is 2.40 bits per heavy atom. The quantitative estimate of drug-likeness (QED) is 0.578. The predicted octanol–water partition coefficient (Wildman–Crippen LogP) is 3.77. The van der Waals surface area contributed by atoms with Gasteiger partial charge in [0.25, 0.3) is 0 Å². The first-order chi connectivity index (χ1) is 12.0. The Morgan fingerprint density at radius 2 is 1.72 bits per heavy atom. The van der Waals surface area contributed by atoms with Crippen molar-refractivity contribution in [1.82, 2.24) is 0 Å². The van der Waals surface area contributed by atoms with Crippen molar-refractivity contribution in [1.29, 1.82) is 0 Å². The van der Waals surface area contributed by atoms with Crippen molar-refractivity contribution in [3.05, 3.63) is 51.5 Å². The number of rotatable bonds is 5. The van der Waals surface area contributed by atoms with Gasteiger partial charge in [0, 0.05) is 5.56 Å². The molecule has 0 aliphatic carbocycles. The molecule has 0 aromatic heterocycles. The van der Waals surface area contributed by atoms with E-state index in [4.69, 9.17) is 42.1 Å². The number of hydrogen-bond donors (Lipinski definition) is 0. The van der Waals surface area contributed by atoms with E-state index in [0.29, 0.717) is 17.1 Å². The van der Waals surface area contributed by atoms with Crippen LogP contribution in [-0.2, 0) is 4.74 Å². The summed E-state index contributed by atoms with van der Waals surface area (Å²) in [6.45, 7) is -0.319. The number of fused-ring (bicyclic) bond motifs is 1. The second kappa shape index (κ2) is 7.21. The van der Waals surface area contributed by atoms with Gasteiger partial charge in [-0.15, -0.1) is 0 Å². The molecule has 1 heterocycles. The van der Waals surface area contributed by atoms with Crippen molar-refractivity contribution in [2.75, 3.05) is 20.5 Å². The first kappa shape index (κ1) is 17.4. The van der Waals surface area contributed by atoms with E-state index in [-0.39, 0.29) is 33.9 Å². The summed E-state index contributed by atoms with van der Waals surface area (Å²) in [7, 11) is 1.41. The fourth-order valence-corrected chi connectivity index (χ4v) is 2.88. The molecule has 0 spiro atoms. The average molecular weight is 383 g/mol. The maximum Gasteiger partial charge on any atom is 0.338 e. The number of Topliss-reactive ketones (excluding diaryl/α,β-unsaturated/α-hetero) is 1. The third kappa shape index (κ3) is 3.65. The molecule has 0 atom stereocenters. The van der Waals surface area contributed by atoms with Crippen molar-refractivity contribution >= 4 is 35.0 Å². The molecular formula is C17H12Cl2O6. The minimum atomic E-state index is -0.722. The van der Waals surface area contributed by atoms with E-state index in [9.17, 15) is 9.59 Å². The van der Waals surface area contributed by atoms with E-state index < -0.39 is 12.6 Å². The maximum absolute atomic E-state index is 12.2. The van der Waals surface area contributed by atoms with Crippen LogP contribution in [-0.4, -0.2) is 32.3 Å². The van der Waals surface area contributed by atoms with Crippen LogP contribution >= 0.6 is 23.2 Å². The SMILES string of the molecule is COc1c(Cl)cc(C(=O)OCC(=O)c2ccc3c(c2)OCO3)cc1Cl. The predicted molar refractivity (Wildman–Crippen MR) is 90.2 cm³/mol. The fourth-order valence-electron chi connectivity index (χ4n) is 2.24. The Labute approximate surface area is 153 Å². The number of hydrogen-bond acceptors (Lipinski definition) is 6. The summed E-state index contributed by atoms with van der Waals surface area (Å²) >= 11 is 12.0. The third-order valence-electron chi connectivity index (χ3n) is 3.47. The molecule has 0 amide bonds. The highest BCUT2D eigenvalue weighted by molar-refractivity contribution is 6.37.